The molecule has 0 unspecified atom stereocenters. The highest BCUT2D eigenvalue weighted by atomic mass is 16.6. The van der Waals surface area contributed by atoms with E-state index < -0.39 is 11.7 Å². The van der Waals surface area contributed by atoms with Gasteiger partial charge < -0.3 is 19.2 Å². The average molecular weight is 383 g/mol. The van der Waals surface area contributed by atoms with Gasteiger partial charge in [-0.2, -0.15) is 0 Å². The van der Waals surface area contributed by atoms with Crippen molar-refractivity contribution in [3.8, 4) is 22.9 Å². The molecule has 1 amide bonds. The highest BCUT2D eigenvalue weighted by molar-refractivity contribution is 5.88. The molecule has 3 rings (SSSR count). The van der Waals surface area contributed by atoms with Crippen LogP contribution in [-0.2, 0) is 4.74 Å². The van der Waals surface area contributed by atoms with Gasteiger partial charge in [0.2, 0.25) is 0 Å². The Balaban J connectivity index is 1.94. The zero-order valence-electron chi connectivity index (χ0n) is 17.0. The van der Waals surface area contributed by atoms with E-state index in [-0.39, 0.29) is 0 Å². The standard InChI is InChI=1S/C21H25N3O4/c1-12-7-8-13(9-14(12)24-20(25)28-21(2,3)4)19-22-15-10-17(26-5)18(27-6)11-16(15)23-19/h7-11H,1-6H3,(H,22,23)(H,24,25). The van der Waals surface area contributed by atoms with E-state index in [9.17, 15) is 4.79 Å². The summed E-state index contributed by atoms with van der Waals surface area (Å²) >= 11 is 0. The van der Waals surface area contributed by atoms with Crippen molar-refractivity contribution in [2.24, 2.45) is 0 Å². The topological polar surface area (TPSA) is 85.5 Å². The molecule has 0 radical (unpaired) electrons. The Hall–Kier alpha value is -3.22. The number of benzene rings is 2. The van der Waals surface area contributed by atoms with E-state index >= 15 is 0 Å². The van der Waals surface area contributed by atoms with Crippen LogP contribution >= 0.6 is 0 Å². The summed E-state index contributed by atoms with van der Waals surface area (Å²) in [4.78, 5) is 20.1. The first-order valence-electron chi connectivity index (χ1n) is 8.93. The zero-order valence-corrected chi connectivity index (χ0v) is 17.0. The van der Waals surface area contributed by atoms with Crippen molar-refractivity contribution < 1.29 is 19.0 Å². The van der Waals surface area contributed by atoms with E-state index in [1.54, 1.807) is 14.2 Å². The molecular weight excluding hydrogens is 358 g/mol. The normalized spacial score (nSPS) is 11.4. The lowest BCUT2D eigenvalue weighted by Crippen LogP contribution is -2.27. The number of aromatic nitrogens is 2. The number of ether oxygens (including phenoxy) is 3. The van der Waals surface area contributed by atoms with Gasteiger partial charge in [0.15, 0.2) is 11.5 Å². The number of imidazole rings is 1. The molecule has 0 aliphatic carbocycles. The van der Waals surface area contributed by atoms with Crippen LogP contribution in [-0.4, -0.2) is 35.9 Å². The maximum absolute atomic E-state index is 12.1. The number of anilines is 1. The number of rotatable bonds is 4. The molecule has 7 heteroatoms. The molecule has 1 heterocycles. The summed E-state index contributed by atoms with van der Waals surface area (Å²) in [6, 6.07) is 9.41. The van der Waals surface area contributed by atoms with E-state index in [1.807, 2.05) is 58.0 Å². The van der Waals surface area contributed by atoms with E-state index in [0.29, 0.717) is 23.0 Å². The number of carbonyl (C=O) groups is 1. The lowest BCUT2D eigenvalue weighted by atomic mass is 10.1. The number of nitrogens with one attached hydrogen (secondary N) is 2. The fraction of sp³-hybridized carbons (Fsp3) is 0.333. The lowest BCUT2D eigenvalue weighted by Gasteiger charge is -2.20. The lowest BCUT2D eigenvalue weighted by molar-refractivity contribution is 0.0636. The minimum atomic E-state index is -0.563. The Kier molecular flexibility index (Phi) is 5.18. The van der Waals surface area contributed by atoms with Crippen molar-refractivity contribution in [2.75, 3.05) is 19.5 Å². The minimum absolute atomic E-state index is 0.494. The van der Waals surface area contributed by atoms with Crippen LogP contribution < -0.4 is 14.8 Å². The summed E-state index contributed by atoms with van der Waals surface area (Å²) in [5, 5.41) is 2.80. The number of fused-ring (bicyclic) bond motifs is 1. The first-order chi connectivity index (χ1) is 13.2. The Bertz CT molecular complexity index is 977. The van der Waals surface area contributed by atoms with E-state index in [1.165, 1.54) is 0 Å². The largest absolute Gasteiger partial charge is 0.493 e. The van der Waals surface area contributed by atoms with Crippen LogP contribution in [0.5, 0.6) is 11.5 Å². The Labute approximate surface area is 164 Å². The number of H-pyrrole nitrogens is 1. The Morgan fingerprint density at radius 2 is 1.75 bits per heavy atom. The first kappa shape index (κ1) is 19.5. The van der Waals surface area contributed by atoms with Gasteiger partial charge in [-0.3, -0.25) is 5.32 Å². The van der Waals surface area contributed by atoms with Crippen molar-refractivity contribution in [3.05, 3.63) is 35.9 Å². The molecule has 3 aromatic rings. The monoisotopic (exact) mass is 383 g/mol. The van der Waals surface area contributed by atoms with Crippen molar-refractivity contribution in [2.45, 2.75) is 33.3 Å². The van der Waals surface area contributed by atoms with Gasteiger partial charge in [-0.1, -0.05) is 12.1 Å². The number of hydrogen-bond acceptors (Lipinski definition) is 5. The van der Waals surface area contributed by atoms with E-state index in [0.717, 1.165) is 22.2 Å². The number of carbonyl (C=O) groups excluding carboxylic acids is 1. The van der Waals surface area contributed by atoms with Crippen molar-refractivity contribution in [1.29, 1.82) is 0 Å². The highest BCUT2D eigenvalue weighted by Gasteiger charge is 2.17. The van der Waals surface area contributed by atoms with Crippen LogP contribution in [0.1, 0.15) is 26.3 Å². The summed E-state index contributed by atoms with van der Waals surface area (Å²) in [6.07, 6.45) is -0.494. The van der Waals surface area contributed by atoms with E-state index in [2.05, 4.69) is 15.3 Å². The maximum Gasteiger partial charge on any atom is 0.412 e. The van der Waals surface area contributed by atoms with Crippen molar-refractivity contribution in [1.82, 2.24) is 9.97 Å². The molecule has 0 saturated carbocycles. The second-order valence-electron chi connectivity index (χ2n) is 7.47. The fourth-order valence-corrected chi connectivity index (χ4v) is 2.79. The molecule has 0 aliphatic heterocycles. The third-order valence-electron chi connectivity index (χ3n) is 4.13. The fourth-order valence-electron chi connectivity index (χ4n) is 2.79. The van der Waals surface area contributed by atoms with E-state index in [4.69, 9.17) is 14.2 Å². The minimum Gasteiger partial charge on any atom is -0.493 e. The molecule has 0 bridgehead atoms. The molecule has 0 fully saturated rings. The molecule has 0 aliphatic rings. The summed E-state index contributed by atoms with van der Waals surface area (Å²) < 4.78 is 16.0. The van der Waals surface area contributed by atoms with Crippen molar-refractivity contribution in [3.63, 3.8) is 0 Å². The number of methoxy groups -OCH3 is 2. The smallest absolute Gasteiger partial charge is 0.412 e. The molecule has 2 aromatic carbocycles. The molecular formula is C21H25N3O4. The molecule has 0 atom stereocenters. The Morgan fingerprint density at radius 3 is 2.39 bits per heavy atom. The molecule has 2 N–H and O–H groups in total. The highest BCUT2D eigenvalue weighted by Crippen LogP contribution is 2.33. The second-order valence-corrected chi connectivity index (χ2v) is 7.47. The summed E-state index contributed by atoms with van der Waals surface area (Å²) in [5.41, 5.74) is 3.46. The van der Waals surface area contributed by atoms with Gasteiger partial charge in [-0.15, -0.1) is 0 Å². The van der Waals surface area contributed by atoms with Gasteiger partial charge in [0.1, 0.15) is 11.4 Å². The summed E-state index contributed by atoms with van der Waals surface area (Å²) in [7, 11) is 3.18. The molecule has 0 spiro atoms. The van der Waals surface area contributed by atoms with Crippen LogP contribution in [0.3, 0.4) is 0 Å². The predicted octanol–water partition coefficient (Wildman–Crippen LogP) is 4.90. The first-order valence-corrected chi connectivity index (χ1v) is 8.93. The number of nitrogens with zero attached hydrogens (tertiary/aromatic N) is 1. The summed E-state index contributed by atoms with van der Waals surface area (Å²) in [5.74, 6) is 1.92. The van der Waals surface area contributed by atoms with Crippen molar-refractivity contribution >= 4 is 22.8 Å². The third-order valence-corrected chi connectivity index (χ3v) is 4.13. The van der Waals surface area contributed by atoms with Gasteiger partial charge in [0, 0.05) is 23.4 Å². The predicted molar refractivity (Wildman–Crippen MR) is 109 cm³/mol. The van der Waals surface area contributed by atoms with Gasteiger partial charge >= 0.3 is 6.09 Å². The van der Waals surface area contributed by atoms with Crippen LogP contribution in [0.4, 0.5) is 10.5 Å². The second kappa shape index (κ2) is 7.42. The number of aromatic amines is 1. The van der Waals surface area contributed by atoms with Gasteiger partial charge in [-0.25, -0.2) is 9.78 Å². The molecule has 148 valence electrons. The molecule has 0 saturated heterocycles. The quantitative estimate of drug-likeness (QED) is 0.669. The average Bonchev–Trinajstić information content (AvgIpc) is 3.03. The van der Waals surface area contributed by atoms with Crippen LogP contribution in [0, 0.1) is 6.92 Å². The van der Waals surface area contributed by atoms with Crippen LogP contribution in [0.15, 0.2) is 30.3 Å². The molecule has 7 nitrogen and oxygen atoms in total. The third kappa shape index (κ3) is 4.19. The Morgan fingerprint density at radius 1 is 1.07 bits per heavy atom. The van der Waals surface area contributed by atoms with Crippen LogP contribution in [0.25, 0.3) is 22.4 Å². The SMILES string of the molecule is COc1cc2nc(-c3ccc(C)c(NC(=O)OC(C)(C)C)c3)[nH]c2cc1OC. The maximum atomic E-state index is 12.1. The summed E-state index contributed by atoms with van der Waals surface area (Å²) in [6.45, 7) is 7.40. The van der Waals surface area contributed by atoms with Crippen LogP contribution in [0.2, 0.25) is 0 Å². The number of amides is 1. The number of aryl methyl sites for hydroxylation is 1. The molecule has 1 aromatic heterocycles. The zero-order chi connectivity index (χ0) is 20.5. The van der Waals surface area contributed by atoms with Gasteiger partial charge in [0.05, 0.1) is 25.3 Å². The van der Waals surface area contributed by atoms with Gasteiger partial charge in [-0.05, 0) is 39.3 Å². The van der Waals surface area contributed by atoms with Gasteiger partial charge in [0.25, 0.3) is 0 Å². The number of hydrogen-bond donors (Lipinski definition) is 2. The molecule has 28 heavy (non-hydrogen) atoms.